The third-order valence-corrected chi connectivity index (χ3v) is 5.52. The Morgan fingerprint density at radius 1 is 0.917 bits per heavy atom. The molecule has 4 heteroatoms. The van der Waals surface area contributed by atoms with Crippen LogP contribution < -0.4 is 0 Å². The van der Waals surface area contributed by atoms with E-state index in [1.54, 1.807) is 0 Å². The van der Waals surface area contributed by atoms with Crippen molar-refractivity contribution in [1.82, 2.24) is 9.80 Å². The maximum absolute atomic E-state index is 2.39. The molecule has 0 radical (unpaired) electrons. The van der Waals surface area contributed by atoms with Crippen LogP contribution in [-0.4, -0.2) is 51.3 Å². The van der Waals surface area contributed by atoms with Gasteiger partial charge in [0.25, 0.3) is 0 Å². The Morgan fingerprint density at radius 2 is 1.25 bits per heavy atom. The lowest BCUT2D eigenvalue weighted by Crippen LogP contribution is -2.35. The lowest BCUT2D eigenvalue weighted by molar-refractivity contribution is 0.500. The molecule has 0 aromatic rings. The van der Waals surface area contributed by atoms with E-state index in [4.69, 9.17) is 0 Å². The van der Waals surface area contributed by atoms with Gasteiger partial charge in [-0.15, -0.1) is 0 Å². The molecule has 0 aromatic carbocycles. The van der Waals surface area contributed by atoms with Crippen LogP contribution in [0.4, 0.5) is 0 Å². The van der Waals surface area contributed by atoms with Crippen molar-refractivity contribution in [2.45, 2.75) is 19.6 Å². The van der Waals surface area contributed by atoms with Crippen molar-refractivity contribution in [2.75, 3.05) is 28.2 Å². The topological polar surface area (TPSA) is 6.48 Å². The van der Waals surface area contributed by atoms with Crippen molar-refractivity contribution >= 4 is 21.0 Å². The normalized spacial score (nSPS) is 13.1. The molecule has 0 aliphatic heterocycles. The summed E-state index contributed by atoms with van der Waals surface area (Å²) in [6, 6.07) is 0. The highest BCUT2D eigenvalue weighted by Crippen LogP contribution is 2.20. The molecule has 0 saturated carbocycles. The van der Waals surface area contributed by atoms with E-state index in [1.807, 2.05) is 0 Å². The second-order valence-corrected chi connectivity index (χ2v) is 14.0. The summed E-state index contributed by atoms with van der Waals surface area (Å²) in [7, 11) is 8.97. The van der Waals surface area contributed by atoms with Gasteiger partial charge in [-0.1, -0.05) is 27.4 Å². The maximum atomic E-state index is 2.39. The molecular formula is C8H21N2PSi. The fourth-order valence-corrected chi connectivity index (χ4v) is 4.90. The minimum absolute atomic E-state index is 0.994. The van der Waals surface area contributed by atoms with Crippen LogP contribution in [0.2, 0.25) is 19.6 Å². The smallest absolute Gasteiger partial charge is 0.105 e. The van der Waals surface area contributed by atoms with Crippen LogP contribution in [0.3, 0.4) is 0 Å². The standard InChI is InChI=1S/C8H21N2PSi/c1-9(2)8(10(3)4)11-12(5,6)7/h1-7H3. The summed E-state index contributed by atoms with van der Waals surface area (Å²) in [5, 5.41) is 0. The van der Waals surface area contributed by atoms with Gasteiger partial charge in [-0.2, -0.15) is 0 Å². The third kappa shape index (κ3) is 5.04. The van der Waals surface area contributed by atoms with Gasteiger partial charge >= 0.3 is 0 Å². The van der Waals surface area contributed by atoms with Gasteiger partial charge in [-0.3, -0.25) is 9.80 Å². The quantitative estimate of drug-likeness (QED) is 0.512. The fraction of sp³-hybridized carbons (Fsp3) is 0.875. The molecule has 0 amide bonds. The van der Waals surface area contributed by atoms with Crippen LogP contribution in [0.5, 0.6) is 0 Å². The molecule has 0 aliphatic rings. The number of rotatable bonds is 3. The van der Waals surface area contributed by atoms with E-state index in [1.165, 1.54) is 13.3 Å². The van der Waals surface area contributed by atoms with Gasteiger partial charge in [0.1, 0.15) is 7.74 Å². The zero-order chi connectivity index (χ0) is 9.94. The van der Waals surface area contributed by atoms with Crippen LogP contribution in [-0.2, 0) is 0 Å². The van der Waals surface area contributed by atoms with Crippen molar-refractivity contribution in [3.8, 4) is 0 Å². The van der Waals surface area contributed by atoms with Crippen LogP contribution in [0.15, 0.2) is 0 Å². The van der Waals surface area contributed by atoms with Gasteiger partial charge < -0.3 is 0 Å². The van der Waals surface area contributed by atoms with E-state index in [9.17, 15) is 0 Å². The molecule has 2 nitrogen and oxygen atoms in total. The minimum Gasteiger partial charge on any atom is -0.269 e. The Hall–Kier alpha value is 0.307. The Bertz CT molecular complexity index is 160. The highest BCUT2D eigenvalue weighted by Gasteiger charge is 2.14. The molecule has 0 rings (SSSR count). The molecule has 0 fully saturated rings. The van der Waals surface area contributed by atoms with E-state index in [2.05, 4.69) is 57.6 Å². The predicted octanol–water partition coefficient (Wildman–Crippen LogP) is 1.98. The summed E-state index contributed by atoms with van der Waals surface area (Å²) in [4.78, 5) is 4.42. The average molecular weight is 204 g/mol. The summed E-state index contributed by atoms with van der Waals surface area (Å²) in [5.74, 6) is 0. The Kier molecular flexibility index (Phi) is 4.63. The third-order valence-electron chi connectivity index (χ3n) is 1.24. The zero-order valence-electron chi connectivity index (χ0n) is 9.34. The fourth-order valence-electron chi connectivity index (χ4n) is 0.900. The molecule has 0 saturated heterocycles. The van der Waals surface area contributed by atoms with Gasteiger partial charge in [0.2, 0.25) is 0 Å². The summed E-state index contributed by atoms with van der Waals surface area (Å²) in [6.45, 7) is 7.17. The van der Waals surface area contributed by atoms with Crippen LogP contribution in [0.25, 0.3) is 0 Å². The first-order valence-corrected chi connectivity index (χ1v) is 9.42. The molecular weight excluding hydrogens is 183 g/mol. The van der Waals surface area contributed by atoms with Crippen LogP contribution >= 0.6 is 7.75 Å². The van der Waals surface area contributed by atoms with Crippen molar-refractivity contribution in [1.29, 1.82) is 0 Å². The predicted molar refractivity (Wildman–Crippen MR) is 62.6 cm³/mol. The average Bonchev–Trinajstić information content (AvgIpc) is 1.79. The second kappa shape index (κ2) is 4.52. The van der Waals surface area contributed by atoms with Gasteiger partial charge in [0.15, 0.2) is 0 Å². The highest BCUT2D eigenvalue weighted by molar-refractivity contribution is 7.81. The molecule has 72 valence electrons. The number of hydrogen-bond acceptors (Lipinski definition) is 0. The van der Waals surface area contributed by atoms with Gasteiger partial charge in [0.05, 0.1) is 5.54 Å². The van der Waals surface area contributed by atoms with Crippen molar-refractivity contribution in [2.24, 2.45) is 0 Å². The number of nitrogens with zero attached hydrogens (tertiary/aromatic N) is 2. The monoisotopic (exact) mass is 204 g/mol. The van der Waals surface area contributed by atoms with Crippen molar-refractivity contribution in [3.05, 3.63) is 0 Å². The Labute approximate surface area is 79.2 Å². The zero-order valence-corrected chi connectivity index (χ0v) is 11.2. The highest BCUT2D eigenvalue weighted by atomic mass is 31.3. The Morgan fingerprint density at radius 3 is 1.33 bits per heavy atom. The Balaban J connectivity index is 4.63. The van der Waals surface area contributed by atoms with E-state index in [-0.39, 0.29) is 0 Å². The first-order valence-electron chi connectivity index (χ1n) is 4.18. The minimum atomic E-state index is -0.994. The van der Waals surface area contributed by atoms with Crippen LogP contribution in [0, 0.1) is 0 Å². The van der Waals surface area contributed by atoms with Gasteiger partial charge in [-0.25, -0.2) is 0 Å². The van der Waals surface area contributed by atoms with E-state index in [0.29, 0.717) is 0 Å². The first kappa shape index (κ1) is 12.3. The van der Waals surface area contributed by atoms with Gasteiger partial charge in [0, 0.05) is 0 Å². The van der Waals surface area contributed by atoms with Crippen molar-refractivity contribution < 1.29 is 0 Å². The molecule has 0 N–H and O–H groups in total. The lowest BCUT2D eigenvalue weighted by atomic mass is 10.8. The second-order valence-electron chi connectivity index (χ2n) is 4.37. The summed E-state index contributed by atoms with van der Waals surface area (Å²) < 4.78 is 0. The molecule has 0 unspecified atom stereocenters. The summed E-state index contributed by atoms with van der Waals surface area (Å²) in [5.41, 5.74) is 1.41. The molecule has 12 heavy (non-hydrogen) atoms. The van der Waals surface area contributed by atoms with E-state index < -0.39 is 7.74 Å². The van der Waals surface area contributed by atoms with Crippen molar-refractivity contribution in [3.63, 3.8) is 0 Å². The maximum Gasteiger partial charge on any atom is 0.105 e. The summed E-state index contributed by atoms with van der Waals surface area (Å²) in [6.07, 6.45) is 0. The molecule has 0 atom stereocenters. The molecule has 0 aromatic heterocycles. The largest absolute Gasteiger partial charge is 0.269 e. The molecule has 0 aliphatic carbocycles. The lowest BCUT2D eigenvalue weighted by Gasteiger charge is -2.24. The van der Waals surface area contributed by atoms with Crippen LogP contribution in [0.1, 0.15) is 0 Å². The van der Waals surface area contributed by atoms with E-state index >= 15 is 0 Å². The first-order chi connectivity index (χ1) is 5.24. The summed E-state index contributed by atoms with van der Waals surface area (Å²) >= 11 is 0. The molecule has 0 bridgehead atoms. The van der Waals surface area contributed by atoms with Gasteiger partial charge in [-0.05, 0) is 28.2 Å². The van der Waals surface area contributed by atoms with E-state index in [0.717, 1.165) is 0 Å². The molecule has 0 spiro atoms. The number of hydrogen-bond donors (Lipinski definition) is 0. The molecule has 0 heterocycles. The SMILES string of the molecule is CN(C)C(=P[Si](C)(C)C)N(C)C.